The van der Waals surface area contributed by atoms with Crippen LogP contribution in [0.3, 0.4) is 0 Å². The summed E-state index contributed by atoms with van der Waals surface area (Å²) in [7, 11) is 0. The van der Waals surface area contributed by atoms with Gasteiger partial charge in [-0.2, -0.15) is 13.2 Å². The number of carbonyl (C=O) groups excluding carboxylic acids is 1. The van der Waals surface area contributed by atoms with Gasteiger partial charge >= 0.3 is 12.1 Å². The molecular formula is C34H35F3N8O5. The van der Waals surface area contributed by atoms with Crippen LogP contribution in [0, 0.1) is 6.92 Å². The second-order valence-electron chi connectivity index (χ2n) is 11.8. The summed E-state index contributed by atoms with van der Waals surface area (Å²) in [6.45, 7) is 8.22. The highest BCUT2D eigenvalue weighted by Crippen LogP contribution is 2.34. The van der Waals surface area contributed by atoms with Crippen molar-refractivity contribution in [1.29, 1.82) is 0 Å². The molecule has 1 aromatic carbocycles. The van der Waals surface area contributed by atoms with E-state index in [2.05, 4.69) is 40.2 Å². The van der Waals surface area contributed by atoms with Crippen LogP contribution in [-0.2, 0) is 10.9 Å². The standard InChI is InChI=1S/C34H35F3N8O5/c1-22-27(19-26(21-38-22)40-31(46)23-3-2-4-25(17-23)34(35,36)37)24-18-29(44-12-14-49-15-13-44)32(39-20-24)50-16-11-43-7-9-45(10-8-43)30-6-5-28(33(47)48)41-42-30/h2-6,17-21H,7-16H2,1H3,(H,40,46)(H,47,48). The van der Waals surface area contributed by atoms with Crippen LogP contribution in [0.1, 0.15) is 32.1 Å². The van der Waals surface area contributed by atoms with Crippen LogP contribution in [-0.4, -0.2) is 108 Å². The number of nitrogens with zero attached hydrogens (tertiary/aromatic N) is 7. The van der Waals surface area contributed by atoms with Crippen molar-refractivity contribution in [1.82, 2.24) is 25.1 Å². The van der Waals surface area contributed by atoms with E-state index in [1.165, 1.54) is 24.4 Å². The highest BCUT2D eigenvalue weighted by Gasteiger charge is 2.31. The number of halogens is 3. The van der Waals surface area contributed by atoms with Crippen molar-refractivity contribution in [3.8, 4) is 17.0 Å². The summed E-state index contributed by atoms with van der Waals surface area (Å²) < 4.78 is 51.4. The molecule has 0 bridgehead atoms. The number of amides is 1. The highest BCUT2D eigenvalue weighted by atomic mass is 19.4. The lowest BCUT2D eigenvalue weighted by Crippen LogP contribution is -2.47. The van der Waals surface area contributed by atoms with Gasteiger partial charge in [0.2, 0.25) is 5.88 Å². The fourth-order valence-corrected chi connectivity index (χ4v) is 5.74. The van der Waals surface area contributed by atoms with E-state index in [-0.39, 0.29) is 11.3 Å². The first-order valence-corrected chi connectivity index (χ1v) is 16.0. The minimum atomic E-state index is -4.57. The lowest BCUT2D eigenvalue weighted by molar-refractivity contribution is -0.137. The molecule has 2 saturated heterocycles. The Bertz CT molecular complexity index is 1830. The van der Waals surface area contributed by atoms with Crippen molar-refractivity contribution < 1.29 is 37.3 Å². The maximum Gasteiger partial charge on any atom is 0.416 e. The van der Waals surface area contributed by atoms with Gasteiger partial charge < -0.3 is 29.7 Å². The molecule has 0 aliphatic carbocycles. The van der Waals surface area contributed by atoms with Crippen LogP contribution in [0.25, 0.3) is 11.1 Å². The number of carbonyl (C=O) groups is 2. The van der Waals surface area contributed by atoms with Gasteiger partial charge in [-0.3, -0.25) is 14.7 Å². The molecule has 1 amide bonds. The van der Waals surface area contributed by atoms with Gasteiger partial charge in [0.05, 0.1) is 30.7 Å². The molecule has 16 heteroatoms. The topological polar surface area (TPSA) is 146 Å². The molecule has 0 atom stereocenters. The number of ether oxygens (including phenoxy) is 2. The number of anilines is 3. The lowest BCUT2D eigenvalue weighted by Gasteiger charge is -2.35. The van der Waals surface area contributed by atoms with E-state index < -0.39 is 23.6 Å². The second-order valence-corrected chi connectivity index (χ2v) is 11.8. The molecule has 4 aromatic rings. The van der Waals surface area contributed by atoms with Crippen molar-refractivity contribution in [2.45, 2.75) is 13.1 Å². The number of aromatic carboxylic acids is 1. The monoisotopic (exact) mass is 692 g/mol. The molecular weight excluding hydrogens is 657 g/mol. The number of rotatable bonds is 10. The molecule has 50 heavy (non-hydrogen) atoms. The van der Waals surface area contributed by atoms with Crippen molar-refractivity contribution in [3.05, 3.63) is 83.4 Å². The molecule has 2 aliphatic heterocycles. The van der Waals surface area contributed by atoms with Gasteiger partial charge in [0, 0.05) is 74.4 Å². The Morgan fingerprint density at radius 1 is 0.940 bits per heavy atom. The number of aromatic nitrogens is 4. The summed E-state index contributed by atoms with van der Waals surface area (Å²) in [5, 5.41) is 19.6. The first-order chi connectivity index (χ1) is 24.0. The van der Waals surface area contributed by atoms with Gasteiger partial charge in [0.25, 0.3) is 5.91 Å². The quantitative estimate of drug-likeness (QED) is 0.245. The van der Waals surface area contributed by atoms with Gasteiger partial charge in [-0.25, -0.2) is 9.78 Å². The van der Waals surface area contributed by atoms with Crippen molar-refractivity contribution in [2.75, 3.05) is 80.8 Å². The van der Waals surface area contributed by atoms with Gasteiger partial charge in [0.15, 0.2) is 11.5 Å². The Kier molecular flexibility index (Phi) is 10.4. The van der Waals surface area contributed by atoms with Crippen LogP contribution >= 0.6 is 0 Å². The second kappa shape index (κ2) is 15.0. The smallest absolute Gasteiger partial charge is 0.416 e. The summed E-state index contributed by atoms with van der Waals surface area (Å²) in [5.41, 5.74) is 2.09. The van der Waals surface area contributed by atoms with E-state index >= 15 is 0 Å². The normalized spacial score (nSPS) is 15.5. The van der Waals surface area contributed by atoms with E-state index in [1.807, 2.05) is 13.0 Å². The largest absolute Gasteiger partial charge is 0.476 e. The summed E-state index contributed by atoms with van der Waals surface area (Å²) in [6.07, 6.45) is -1.43. The predicted octanol–water partition coefficient (Wildman–Crippen LogP) is 4.25. The number of aryl methyl sites for hydroxylation is 1. The zero-order chi connectivity index (χ0) is 35.3. The van der Waals surface area contributed by atoms with Gasteiger partial charge in [0.1, 0.15) is 12.3 Å². The minimum absolute atomic E-state index is 0.0936. The zero-order valence-corrected chi connectivity index (χ0v) is 27.2. The number of hydrogen-bond donors (Lipinski definition) is 2. The molecule has 0 saturated carbocycles. The molecule has 2 aliphatic rings. The van der Waals surface area contributed by atoms with Crippen LogP contribution in [0.5, 0.6) is 5.88 Å². The van der Waals surface area contributed by atoms with Gasteiger partial charge in [-0.15, -0.1) is 10.2 Å². The number of carboxylic acid groups (broad SMARTS) is 1. The Hall–Kier alpha value is -5.35. The molecule has 6 rings (SSSR count). The van der Waals surface area contributed by atoms with Crippen molar-refractivity contribution in [3.63, 3.8) is 0 Å². The molecule has 0 unspecified atom stereocenters. The molecule has 3 aromatic heterocycles. The first-order valence-electron chi connectivity index (χ1n) is 16.0. The maximum absolute atomic E-state index is 13.2. The van der Waals surface area contributed by atoms with E-state index in [0.29, 0.717) is 81.2 Å². The fraction of sp³-hybridized carbons (Fsp3) is 0.353. The minimum Gasteiger partial charge on any atom is -0.476 e. The summed E-state index contributed by atoms with van der Waals surface area (Å²) in [6, 6.07) is 11.1. The maximum atomic E-state index is 13.2. The van der Waals surface area contributed by atoms with Crippen LogP contribution in [0.2, 0.25) is 0 Å². The molecule has 2 fully saturated rings. The molecule has 5 heterocycles. The highest BCUT2D eigenvalue weighted by molar-refractivity contribution is 6.04. The van der Waals surface area contributed by atoms with Crippen LogP contribution in [0.15, 0.2) is 60.9 Å². The number of alkyl halides is 3. The van der Waals surface area contributed by atoms with Gasteiger partial charge in [-0.1, -0.05) is 6.07 Å². The average Bonchev–Trinajstić information content (AvgIpc) is 3.13. The third kappa shape index (κ3) is 8.26. The third-order valence-corrected chi connectivity index (χ3v) is 8.50. The molecule has 2 N–H and O–H groups in total. The van der Waals surface area contributed by atoms with Crippen LogP contribution < -0.4 is 19.9 Å². The van der Waals surface area contributed by atoms with Crippen molar-refractivity contribution >= 4 is 29.1 Å². The van der Waals surface area contributed by atoms with E-state index in [4.69, 9.17) is 14.6 Å². The summed E-state index contributed by atoms with van der Waals surface area (Å²) in [5.74, 6) is -0.688. The average molecular weight is 693 g/mol. The predicted molar refractivity (Wildman–Crippen MR) is 178 cm³/mol. The van der Waals surface area contributed by atoms with E-state index in [0.717, 1.165) is 36.5 Å². The number of nitrogens with one attached hydrogen (secondary N) is 1. The molecule has 262 valence electrons. The number of hydrogen-bond acceptors (Lipinski definition) is 11. The first kappa shape index (κ1) is 34.5. The van der Waals surface area contributed by atoms with E-state index in [9.17, 15) is 22.8 Å². The number of benzene rings is 1. The third-order valence-electron chi connectivity index (χ3n) is 8.50. The number of carboxylic acids is 1. The number of pyridine rings is 2. The molecule has 0 radical (unpaired) electrons. The Morgan fingerprint density at radius 2 is 1.72 bits per heavy atom. The number of morpholine rings is 1. The summed E-state index contributed by atoms with van der Waals surface area (Å²) in [4.78, 5) is 39.5. The fourth-order valence-electron chi connectivity index (χ4n) is 5.74. The zero-order valence-electron chi connectivity index (χ0n) is 27.2. The Balaban J connectivity index is 1.12. The van der Waals surface area contributed by atoms with Crippen LogP contribution in [0.4, 0.5) is 30.4 Å². The number of piperazine rings is 1. The SMILES string of the molecule is Cc1ncc(NC(=O)c2cccc(C(F)(F)F)c2)cc1-c1cnc(OCCN2CCN(c3ccc(C(=O)O)nn3)CC2)c(N2CCOCC2)c1. The van der Waals surface area contributed by atoms with Crippen molar-refractivity contribution in [2.24, 2.45) is 0 Å². The Morgan fingerprint density at radius 3 is 2.42 bits per heavy atom. The van der Waals surface area contributed by atoms with E-state index in [1.54, 1.807) is 18.3 Å². The summed E-state index contributed by atoms with van der Waals surface area (Å²) >= 11 is 0. The van der Waals surface area contributed by atoms with Gasteiger partial charge in [-0.05, 0) is 49.4 Å². The molecule has 13 nitrogen and oxygen atoms in total. The molecule has 0 spiro atoms. The lowest BCUT2D eigenvalue weighted by atomic mass is 10.0. The Labute approximate surface area is 285 Å².